The van der Waals surface area contributed by atoms with Crippen molar-refractivity contribution in [2.24, 2.45) is 0 Å². The van der Waals surface area contributed by atoms with Crippen LogP contribution in [-0.4, -0.2) is 22.2 Å². The molecule has 0 aliphatic heterocycles. The van der Waals surface area contributed by atoms with Crippen LogP contribution in [0.3, 0.4) is 0 Å². The van der Waals surface area contributed by atoms with Gasteiger partial charge in [-0.25, -0.2) is 4.68 Å². The third-order valence-electron chi connectivity index (χ3n) is 3.94. The molecule has 0 saturated carbocycles. The summed E-state index contributed by atoms with van der Waals surface area (Å²) in [5.41, 5.74) is -0.681. The fourth-order valence-electron chi connectivity index (χ4n) is 2.67. The van der Waals surface area contributed by atoms with Gasteiger partial charge in [-0.1, -0.05) is 35.3 Å². The number of carbonyl (C=O) groups excluding carboxylic acids is 1. The fraction of sp³-hybridized carbons (Fsp3) is 0.158. The molecule has 0 aliphatic carbocycles. The topological polar surface area (TPSA) is 46.9 Å². The number of amides is 1. The van der Waals surface area contributed by atoms with E-state index in [9.17, 15) is 18.0 Å². The van der Waals surface area contributed by atoms with E-state index in [1.165, 1.54) is 24.3 Å². The molecule has 3 aromatic rings. The highest BCUT2D eigenvalue weighted by atomic mass is 35.5. The Morgan fingerprint density at radius 3 is 2.43 bits per heavy atom. The van der Waals surface area contributed by atoms with E-state index in [0.717, 1.165) is 11.8 Å². The Kier molecular flexibility index (Phi) is 5.96. The highest BCUT2D eigenvalue weighted by Crippen LogP contribution is 2.33. The predicted molar refractivity (Wildman–Crippen MR) is 101 cm³/mol. The average Bonchev–Trinajstić information content (AvgIpc) is 3.08. The van der Waals surface area contributed by atoms with Crippen molar-refractivity contribution in [3.8, 4) is 5.69 Å². The standard InChI is InChI=1S/C19H14Cl2F3N3O/c20-13-4-6-15(7-5-13)27-17(19(22,23)24)16(11-26-27)18(28)25-9-8-12-2-1-3-14(21)10-12/h1-7,10-11H,8-9H2,(H,25,28). The molecule has 1 aromatic heterocycles. The monoisotopic (exact) mass is 427 g/mol. The number of benzene rings is 2. The van der Waals surface area contributed by atoms with E-state index in [1.54, 1.807) is 18.2 Å². The highest BCUT2D eigenvalue weighted by Gasteiger charge is 2.40. The van der Waals surface area contributed by atoms with Crippen molar-refractivity contribution in [3.05, 3.63) is 81.6 Å². The van der Waals surface area contributed by atoms with Gasteiger partial charge in [-0.2, -0.15) is 18.3 Å². The zero-order valence-corrected chi connectivity index (χ0v) is 15.8. The summed E-state index contributed by atoms with van der Waals surface area (Å²) in [6.45, 7) is 0.155. The van der Waals surface area contributed by atoms with Gasteiger partial charge in [-0.15, -0.1) is 0 Å². The lowest BCUT2D eigenvalue weighted by molar-refractivity contribution is -0.143. The van der Waals surface area contributed by atoms with Crippen LogP contribution in [0.5, 0.6) is 0 Å². The Balaban J connectivity index is 1.81. The molecular formula is C19H14Cl2F3N3O. The minimum Gasteiger partial charge on any atom is -0.352 e. The number of alkyl halides is 3. The number of halogens is 5. The van der Waals surface area contributed by atoms with Crippen LogP contribution in [-0.2, 0) is 12.6 Å². The Morgan fingerprint density at radius 1 is 1.07 bits per heavy atom. The summed E-state index contributed by atoms with van der Waals surface area (Å²) in [5, 5.41) is 7.18. The summed E-state index contributed by atoms with van der Waals surface area (Å²) < 4.78 is 41.5. The molecule has 0 fully saturated rings. The maximum Gasteiger partial charge on any atom is 0.434 e. The molecule has 1 amide bonds. The summed E-state index contributed by atoms with van der Waals surface area (Å²) in [5.74, 6) is -0.852. The Morgan fingerprint density at radius 2 is 1.79 bits per heavy atom. The molecule has 0 unspecified atom stereocenters. The molecule has 1 N–H and O–H groups in total. The molecule has 9 heteroatoms. The zero-order chi connectivity index (χ0) is 20.3. The van der Waals surface area contributed by atoms with Gasteiger partial charge in [0.15, 0.2) is 5.69 Å². The number of aromatic nitrogens is 2. The molecule has 0 atom stereocenters. The van der Waals surface area contributed by atoms with Gasteiger partial charge in [0.05, 0.1) is 17.4 Å². The normalized spacial score (nSPS) is 11.5. The molecule has 0 aliphatic rings. The molecule has 3 rings (SSSR count). The third-order valence-corrected chi connectivity index (χ3v) is 4.43. The molecule has 0 saturated heterocycles. The van der Waals surface area contributed by atoms with Gasteiger partial charge in [0, 0.05) is 16.6 Å². The fourth-order valence-corrected chi connectivity index (χ4v) is 3.01. The first-order chi connectivity index (χ1) is 13.3. The molecular weight excluding hydrogens is 414 g/mol. The maximum atomic E-state index is 13.6. The van der Waals surface area contributed by atoms with Gasteiger partial charge in [-0.05, 0) is 48.4 Å². The van der Waals surface area contributed by atoms with E-state index < -0.39 is 23.3 Å². The predicted octanol–water partition coefficient (Wildman–Crippen LogP) is 5.17. The van der Waals surface area contributed by atoms with E-state index in [4.69, 9.17) is 23.2 Å². The second-order valence-corrected chi connectivity index (χ2v) is 6.80. The lowest BCUT2D eigenvalue weighted by Gasteiger charge is -2.13. The smallest absolute Gasteiger partial charge is 0.352 e. The second kappa shape index (κ2) is 8.24. The van der Waals surface area contributed by atoms with Crippen molar-refractivity contribution in [2.45, 2.75) is 12.6 Å². The van der Waals surface area contributed by atoms with Crippen molar-refractivity contribution in [1.82, 2.24) is 15.1 Å². The minimum absolute atomic E-state index is 0.148. The van der Waals surface area contributed by atoms with Crippen LogP contribution < -0.4 is 5.32 Å². The maximum absolute atomic E-state index is 13.6. The van der Waals surface area contributed by atoms with Crippen molar-refractivity contribution < 1.29 is 18.0 Å². The lowest BCUT2D eigenvalue weighted by Crippen LogP contribution is -2.28. The average molecular weight is 428 g/mol. The zero-order valence-electron chi connectivity index (χ0n) is 14.3. The Labute approximate surface area is 168 Å². The van der Waals surface area contributed by atoms with Crippen molar-refractivity contribution in [1.29, 1.82) is 0 Å². The largest absolute Gasteiger partial charge is 0.434 e. The summed E-state index contributed by atoms with van der Waals surface area (Å²) >= 11 is 11.7. The van der Waals surface area contributed by atoms with E-state index in [2.05, 4.69) is 10.4 Å². The number of nitrogens with one attached hydrogen (secondary N) is 1. The number of rotatable bonds is 5. The molecule has 0 bridgehead atoms. The SMILES string of the molecule is O=C(NCCc1cccc(Cl)c1)c1cnn(-c2ccc(Cl)cc2)c1C(F)(F)F. The lowest BCUT2D eigenvalue weighted by atomic mass is 10.1. The molecule has 1 heterocycles. The van der Waals surface area contributed by atoms with Crippen LogP contribution in [0.1, 0.15) is 21.6 Å². The van der Waals surface area contributed by atoms with E-state index in [1.807, 2.05) is 6.07 Å². The summed E-state index contributed by atoms with van der Waals surface area (Å²) in [7, 11) is 0. The van der Waals surface area contributed by atoms with Crippen LogP contribution in [0.25, 0.3) is 5.69 Å². The van der Waals surface area contributed by atoms with Gasteiger partial charge in [0.25, 0.3) is 5.91 Å². The van der Waals surface area contributed by atoms with Crippen LogP contribution >= 0.6 is 23.2 Å². The second-order valence-electron chi connectivity index (χ2n) is 5.93. The summed E-state index contributed by atoms with van der Waals surface area (Å²) in [4.78, 5) is 12.4. The van der Waals surface area contributed by atoms with Crippen molar-refractivity contribution >= 4 is 29.1 Å². The van der Waals surface area contributed by atoms with E-state index in [0.29, 0.717) is 21.1 Å². The number of nitrogens with zero attached hydrogens (tertiary/aromatic N) is 2. The molecule has 2 aromatic carbocycles. The summed E-state index contributed by atoms with van der Waals surface area (Å²) in [6.07, 6.45) is -3.43. The van der Waals surface area contributed by atoms with Gasteiger partial charge in [0.1, 0.15) is 0 Å². The first kappa shape index (κ1) is 20.2. The highest BCUT2D eigenvalue weighted by molar-refractivity contribution is 6.30. The van der Waals surface area contributed by atoms with Crippen LogP contribution in [0, 0.1) is 0 Å². The van der Waals surface area contributed by atoms with Gasteiger partial charge >= 0.3 is 6.18 Å². The van der Waals surface area contributed by atoms with Crippen molar-refractivity contribution in [2.75, 3.05) is 6.54 Å². The van der Waals surface area contributed by atoms with Gasteiger partial charge in [-0.3, -0.25) is 4.79 Å². The molecule has 4 nitrogen and oxygen atoms in total. The number of hydrogen-bond acceptors (Lipinski definition) is 2. The Bertz CT molecular complexity index is 985. The first-order valence-corrected chi connectivity index (χ1v) is 8.95. The van der Waals surface area contributed by atoms with Crippen LogP contribution in [0.2, 0.25) is 10.0 Å². The first-order valence-electron chi connectivity index (χ1n) is 8.19. The molecule has 0 radical (unpaired) electrons. The van der Waals surface area contributed by atoms with Gasteiger partial charge in [0.2, 0.25) is 0 Å². The van der Waals surface area contributed by atoms with E-state index >= 15 is 0 Å². The molecule has 146 valence electrons. The van der Waals surface area contributed by atoms with Crippen LogP contribution in [0.15, 0.2) is 54.7 Å². The number of carbonyl (C=O) groups is 1. The third kappa shape index (κ3) is 4.66. The van der Waals surface area contributed by atoms with E-state index in [-0.39, 0.29) is 12.2 Å². The molecule has 28 heavy (non-hydrogen) atoms. The Hall–Kier alpha value is -2.51. The number of hydrogen-bond donors (Lipinski definition) is 1. The molecule has 0 spiro atoms. The quantitative estimate of drug-likeness (QED) is 0.610. The summed E-state index contributed by atoms with van der Waals surface area (Å²) in [6, 6.07) is 12.7. The van der Waals surface area contributed by atoms with Crippen molar-refractivity contribution in [3.63, 3.8) is 0 Å². The van der Waals surface area contributed by atoms with Gasteiger partial charge < -0.3 is 5.32 Å². The minimum atomic E-state index is -4.77. The van der Waals surface area contributed by atoms with Crippen LogP contribution in [0.4, 0.5) is 13.2 Å².